The zero-order valence-electron chi connectivity index (χ0n) is 13.3. The fraction of sp³-hybridized carbons (Fsp3) is 0.588. The van der Waals surface area contributed by atoms with Crippen molar-refractivity contribution in [3.8, 4) is 5.75 Å². The molecule has 116 valence electrons. The summed E-state index contributed by atoms with van der Waals surface area (Å²) in [6.45, 7) is 9.42. The largest absolute Gasteiger partial charge is 0.493 e. The summed E-state index contributed by atoms with van der Waals surface area (Å²) in [6, 6.07) is 8.40. The van der Waals surface area contributed by atoms with Crippen molar-refractivity contribution >= 4 is 5.91 Å². The molecule has 1 fully saturated rings. The zero-order chi connectivity index (χ0) is 15.2. The fourth-order valence-corrected chi connectivity index (χ4v) is 2.56. The van der Waals surface area contributed by atoms with Gasteiger partial charge in [-0.2, -0.15) is 0 Å². The van der Waals surface area contributed by atoms with Gasteiger partial charge in [0.2, 0.25) is 5.91 Å². The Labute approximate surface area is 127 Å². The average molecular weight is 290 g/mol. The minimum absolute atomic E-state index is 0.183. The molecule has 1 aliphatic heterocycles. The van der Waals surface area contributed by atoms with Crippen molar-refractivity contribution in [2.24, 2.45) is 0 Å². The Hall–Kier alpha value is -1.55. The minimum atomic E-state index is 0.183. The summed E-state index contributed by atoms with van der Waals surface area (Å²) in [7, 11) is 0. The highest BCUT2D eigenvalue weighted by atomic mass is 16.5. The molecule has 0 aromatic heterocycles. The Balaban J connectivity index is 1.77. The summed E-state index contributed by atoms with van der Waals surface area (Å²) in [5.41, 5.74) is 1.30. The van der Waals surface area contributed by atoms with Crippen molar-refractivity contribution < 1.29 is 9.53 Å². The van der Waals surface area contributed by atoms with Crippen LogP contribution in [0.15, 0.2) is 24.3 Å². The van der Waals surface area contributed by atoms with Crippen LogP contribution in [0.4, 0.5) is 0 Å². The van der Waals surface area contributed by atoms with Crippen molar-refractivity contribution in [2.45, 2.75) is 39.2 Å². The molecular formula is C17H26N2O2. The molecule has 0 bridgehead atoms. The van der Waals surface area contributed by atoms with Crippen LogP contribution in [0.25, 0.3) is 0 Å². The quantitative estimate of drug-likeness (QED) is 0.905. The van der Waals surface area contributed by atoms with Gasteiger partial charge in [0.05, 0.1) is 13.0 Å². The number of carbonyl (C=O) groups is 1. The van der Waals surface area contributed by atoms with Crippen molar-refractivity contribution in [1.82, 2.24) is 10.2 Å². The number of rotatable bonds is 5. The van der Waals surface area contributed by atoms with Crippen LogP contribution in [0, 0.1) is 0 Å². The summed E-state index contributed by atoms with van der Waals surface area (Å²) in [4.78, 5) is 14.1. The Morgan fingerprint density at radius 2 is 2.10 bits per heavy atom. The van der Waals surface area contributed by atoms with Gasteiger partial charge in [-0.05, 0) is 30.5 Å². The van der Waals surface area contributed by atoms with E-state index in [1.165, 1.54) is 5.56 Å². The highest BCUT2D eigenvalue weighted by Crippen LogP contribution is 2.18. The highest BCUT2D eigenvalue weighted by Gasteiger charge is 2.22. The number of amides is 1. The number of benzene rings is 1. The Bertz CT molecular complexity index is 456. The van der Waals surface area contributed by atoms with Gasteiger partial charge in [-0.15, -0.1) is 0 Å². The van der Waals surface area contributed by atoms with Crippen molar-refractivity contribution in [2.75, 3.05) is 26.2 Å². The molecule has 1 atom stereocenters. The van der Waals surface area contributed by atoms with Crippen LogP contribution in [-0.4, -0.2) is 43.1 Å². The summed E-state index contributed by atoms with van der Waals surface area (Å²) in [5.74, 6) is 1.54. The number of nitrogens with one attached hydrogen (secondary N) is 1. The van der Waals surface area contributed by atoms with E-state index in [1.54, 1.807) is 0 Å². The molecule has 0 saturated carbocycles. The first-order valence-corrected chi connectivity index (χ1v) is 7.81. The molecular weight excluding hydrogens is 264 g/mol. The maximum Gasteiger partial charge on any atom is 0.226 e. The van der Waals surface area contributed by atoms with Gasteiger partial charge in [-0.1, -0.05) is 26.0 Å². The summed E-state index contributed by atoms with van der Waals surface area (Å²) in [5, 5.41) is 3.29. The zero-order valence-corrected chi connectivity index (χ0v) is 13.3. The third kappa shape index (κ3) is 4.46. The minimum Gasteiger partial charge on any atom is -0.493 e. The lowest BCUT2D eigenvalue weighted by molar-refractivity contribution is -0.134. The molecule has 1 aromatic carbocycles. The molecule has 1 aliphatic rings. The molecule has 1 heterocycles. The standard InChI is InChI=1S/C17H26N2O2/c1-13(2)15-4-6-16(7-5-15)21-11-8-17(20)19-10-9-18-12-14(19)3/h4-7,13-14,18H,8-12H2,1-3H3. The Morgan fingerprint density at radius 1 is 1.38 bits per heavy atom. The molecule has 2 rings (SSSR count). The van der Waals surface area contributed by atoms with Crippen LogP contribution in [0.1, 0.15) is 38.7 Å². The van der Waals surface area contributed by atoms with E-state index in [0.29, 0.717) is 18.9 Å². The smallest absolute Gasteiger partial charge is 0.226 e. The van der Waals surface area contributed by atoms with E-state index in [4.69, 9.17) is 4.74 Å². The summed E-state index contributed by atoms with van der Waals surface area (Å²) >= 11 is 0. The van der Waals surface area contributed by atoms with E-state index >= 15 is 0 Å². The fourth-order valence-electron chi connectivity index (χ4n) is 2.56. The normalized spacial score (nSPS) is 18.9. The van der Waals surface area contributed by atoms with Crippen LogP contribution in [-0.2, 0) is 4.79 Å². The maximum atomic E-state index is 12.2. The second-order valence-electron chi connectivity index (χ2n) is 5.96. The lowest BCUT2D eigenvalue weighted by Gasteiger charge is -2.34. The van der Waals surface area contributed by atoms with E-state index in [-0.39, 0.29) is 11.9 Å². The van der Waals surface area contributed by atoms with Gasteiger partial charge in [-0.25, -0.2) is 0 Å². The topological polar surface area (TPSA) is 41.6 Å². The average Bonchev–Trinajstić information content (AvgIpc) is 2.48. The van der Waals surface area contributed by atoms with E-state index in [0.717, 1.165) is 25.4 Å². The lowest BCUT2D eigenvalue weighted by atomic mass is 10.0. The van der Waals surface area contributed by atoms with Gasteiger partial charge in [0.1, 0.15) is 5.75 Å². The molecule has 1 amide bonds. The Morgan fingerprint density at radius 3 is 2.71 bits per heavy atom. The van der Waals surface area contributed by atoms with Crippen molar-refractivity contribution in [3.63, 3.8) is 0 Å². The first-order chi connectivity index (χ1) is 10.1. The predicted octanol–water partition coefficient (Wildman–Crippen LogP) is 2.40. The molecule has 4 heteroatoms. The molecule has 0 spiro atoms. The van der Waals surface area contributed by atoms with Crippen LogP contribution in [0.2, 0.25) is 0 Å². The SMILES string of the molecule is CC(C)c1ccc(OCCC(=O)N2CCNCC2C)cc1. The number of hydrogen-bond donors (Lipinski definition) is 1. The second-order valence-corrected chi connectivity index (χ2v) is 5.96. The number of hydrogen-bond acceptors (Lipinski definition) is 3. The van der Waals surface area contributed by atoms with Crippen LogP contribution in [0.3, 0.4) is 0 Å². The van der Waals surface area contributed by atoms with E-state index in [2.05, 4.69) is 38.2 Å². The molecule has 1 unspecified atom stereocenters. The number of ether oxygens (including phenoxy) is 1. The molecule has 1 saturated heterocycles. The molecule has 0 radical (unpaired) electrons. The molecule has 21 heavy (non-hydrogen) atoms. The maximum absolute atomic E-state index is 12.2. The second kappa shape index (κ2) is 7.46. The third-order valence-electron chi connectivity index (χ3n) is 3.95. The summed E-state index contributed by atoms with van der Waals surface area (Å²) in [6.07, 6.45) is 0.441. The van der Waals surface area contributed by atoms with E-state index in [1.807, 2.05) is 17.0 Å². The number of nitrogens with zero attached hydrogens (tertiary/aromatic N) is 1. The highest BCUT2D eigenvalue weighted by molar-refractivity contribution is 5.76. The van der Waals surface area contributed by atoms with Crippen LogP contribution < -0.4 is 10.1 Å². The number of carbonyl (C=O) groups excluding carboxylic acids is 1. The van der Waals surface area contributed by atoms with Crippen LogP contribution in [0.5, 0.6) is 5.75 Å². The van der Waals surface area contributed by atoms with Gasteiger partial charge in [0.15, 0.2) is 0 Å². The van der Waals surface area contributed by atoms with Gasteiger partial charge < -0.3 is 15.0 Å². The van der Waals surface area contributed by atoms with E-state index in [9.17, 15) is 4.79 Å². The van der Waals surface area contributed by atoms with Crippen LogP contribution >= 0.6 is 0 Å². The first-order valence-electron chi connectivity index (χ1n) is 7.81. The summed E-state index contributed by atoms with van der Waals surface area (Å²) < 4.78 is 5.67. The van der Waals surface area contributed by atoms with Gasteiger partial charge in [0.25, 0.3) is 0 Å². The van der Waals surface area contributed by atoms with Crippen molar-refractivity contribution in [1.29, 1.82) is 0 Å². The van der Waals surface area contributed by atoms with Gasteiger partial charge in [0, 0.05) is 25.7 Å². The van der Waals surface area contributed by atoms with Gasteiger partial charge >= 0.3 is 0 Å². The van der Waals surface area contributed by atoms with Gasteiger partial charge in [-0.3, -0.25) is 4.79 Å². The third-order valence-corrected chi connectivity index (χ3v) is 3.95. The van der Waals surface area contributed by atoms with Crippen molar-refractivity contribution in [3.05, 3.63) is 29.8 Å². The Kier molecular flexibility index (Phi) is 5.62. The molecule has 4 nitrogen and oxygen atoms in total. The monoisotopic (exact) mass is 290 g/mol. The van der Waals surface area contributed by atoms with E-state index < -0.39 is 0 Å². The molecule has 1 aromatic rings. The molecule has 0 aliphatic carbocycles. The first kappa shape index (κ1) is 15.8. The molecule has 1 N–H and O–H groups in total. The number of piperazine rings is 1. The lowest BCUT2D eigenvalue weighted by Crippen LogP contribution is -2.52. The predicted molar refractivity (Wildman–Crippen MR) is 84.7 cm³/mol.